The first kappa shape index (κ1) is 14.3. The SMILES string of the molecule is CCC(N)(CC)C(=O)N1CCSCC1C(=O)O. The summed E-state index contributed by atoms with van der Waals surface area (Å²) in [7, 11) is 0. The molecule has 0 bridgehead atoms. The van der Waals surface area contributed by atoms with Crippen molar-refractivity contribution in [1.82, 2.24) is 4.90 Å². The van der Waals surface area contributed by atoms with E-state index < -0.39 is 17.6 Å². The van der Waals surface area contributed by atoms with Gasteiger partial charge in [-0.1, -0.05) is 13.8 Å². The van der Waals surface area contributed by atoms with E-state index in [2.05, 4.69) is 0 Å². The summed E-state index contributed by atoms with van der Waals surface area (Å²) >= 11 is 1.56. The van der Waals surface area contributed by atoms with Gasteiger partial charge in [0.05, 0.1) is 5.54 Å². The quantitative estimate of drug-likeness (QED) is 0.770. The molecule has 0 aromatic carbocycles. The Labute approximate surface area is 106 Å². The van der Waals surface area contributed by atoms with Crippen molar-refractivity contribution in [3.8, 4) is 0 Å². The number of rotatable bonds is 4. The van der Waals surface area contributed by atoms with Gasteiger partial charge in [0.25, 0.3) is 0 Å². The molecule has 17 heavy (non-hydrogen) atoms. The first-order valence-corrected chi connectivity index (χ1v) is 7.02. The molecule has 1 amide bonds. The van der Waals surface area contributed by atoms with E-state index in [9.17, 15) is 9.59 Å². The van der Waals surface area contributed by atoms with E-state index in [1.54, 1.807) is 11.8 Å². The van der Waals surface area contributed by atoms with Crippen LogP contribution in [0.4, 0.5) is 0 Å². The zero-order valence-corrected chi connectivity index (χ0v) is 11.1. The molecule has 98 valence electrons. The number of nitrogens with two attached hydrogens (primary N) is 1. The van der Waals surface area contributed by atoms with Gasteiger partial charge in [-0.15, -0.1) is 0 Å². The molecule has 0 aliphatic carbocycles. The van der Waals surface area contributed by atoms with Gasteiger partial charge in [-0.2, -0.15) is 11.8 Å². The first-order chi connectivity index (χ1) is 7.96. The summed E-state index contributed by atoms with van der Waals surface area (Å²) in [5.74, 6) is 0.0548. The molecular formula is C11H20N2O3S. The van der Waals surface area contributed by atoms with Crippen LogP contribution in [0.5, 0.6) is 0 Å². The standard InChI is InChI=1S/C11H20N2O3S/c1-3-11(12,4-2)10(16)13-5-6-17-7-8(13)9(14)15/h8H,3-7,12H2,1-2H3,(H,14,15). The van der Waals surface area contributed by atoms with Crippen molar-refractivity contribution in [1.29, 1.82) is 0 Å². The smallest absolute Gasteiger partial charge is 0.327 e. The Kier molecular flexibility index (Phi) is 4.82. The van der Waals surface area contributed by atoms with Gasteiger partial charge < -0.3 is 15.7 Å². The lowest BCUT2D eigenvalue weighted by molar-refractivity contribution is -0.151. The molecule has 0 aromatic rings. The summed E-state index contributed by atoms with van der Waals surface area (Å²) in [5.41, 5.74) is 5.12. The summed E-state index contributed by atoms with van der Waals surface area (Å²) in [6.07, 6.45) is 1.05. The number of carbonyl (C=O) groups excluding carboxylic acids is 1. The summed E-state index contributed by atoms with van der Waals surface area (Å²) in [6.45, 7) is 4.19. The van der Waals surface area contributed by atoms with Crippen molar-refractivity contribution in [3.05, 3.63) is 0 Å². The topological polar surface area (TPSA) is 83.6 Å². The van der Waals surface area contributed by atoms with Gasteiger partial charge >= 0.3 is 5.97 Å². The Morgan fingerprint density at radius 1 is 1.47 bits per heavy atom. The number of aliphatic carboxylic acids is 1. The Morgan fingerprint density at radius 3 is 2.53 bits per heavy atom. The minimum atomic E-state index is -0.944. The van der Waals surface area contributed by atoms with E-state index in [1.165, 1.54) is 4.90 Å². The Morgan fingerprint density at radius 2 is 2.06 bits per heavy atom. The van der Waals surface area contributed by atoms with Gasteiger partial charge in [0.2, 0.25) is 5.91 Å². The summed E-state index contributed by atoms with van der Waals surface area (Å²) in [4.78, 5) is 24.9. The molecule has 0 spiro atoms. The Hall–Kier alpha value is -0.750. The van der Waals surface area contributed by atoms with Crippen LogP contribution in [-0.4, -0.2) is 51.5 Å². The van der Waals surface area contributed by atoms with Gasteiger partial charge in [0, 0.05) is 18.1 Å². The molecule has 0 saturated carbocycles. The van der Waals surface area contributed by atoms with Crippen molar-refractivity contribution in [2.75, 3.05) is 18.1 Å². The second-order valence-corrected chi connectivity index (χ2v) is 5.44. The summed E-state index contributed by atoms with van der Waals surface area (Å²) in [6, 6.07) is -0.734. The van der Waals surface area contributed by atoms with E-state index in [0.717, 1.165) is 5.75 Å². The average molecular weight is 260 g/mol. The fourth-order valence-electron chi connectivity index (χ4n) is 1.89. The molecule has 1 atom stereocenters. The molecule has 0 aromatic heterocycles. The van der Waals surface area contributed by atoms with Crippen LogP contribution in [0.1, 0.15) is 26.7 Å². The second-order valence-electron chi connectivity index (χ2n) is 4.29. The third kappa shape index (κ3) is 2.93. The molecule has 1 fully saturated rings. The predicted molar refractivity (Wildman–Crippen MR) is 68.0 cm³/mol. The van der Waals surface area contributed by atoms with Gasteiger partial charge in [0.1, 0.15) is 6.04 Å². The van der Waals surface area contributed by atoms with E-state index >= 15 is 0 Å². The molecule has 3 N–H and O–H groups in total. The van der Waals surface area contributed by atoms with Crippen LogP contribution in [0.15, 0.2) is 0 Å². The van der Waals surface area contributed by atoms with Crippen molar-refractivity contribution < 1.29 is 14.7 Å². The van der Waals surface area contributed by atoms with Gasteiger partial charge in [-0.05, 0) is 12.8 Å². The number of carboxylic acid groups (broad SMARTS) is 1. The highest BCUT2D eigenvalue weighted by Gasteiger charge is 2.40. The lowest BCUT2D eigenvalue weighted by Gasteiger charge is -2.38. The van der Waals surface area contributed by atoms with E-state index in [-0.39, 0.29) is 5.91 Å². The van der Waals surface area contributed by atoms with Crippen LogP contribution >= 0.6 is 11.8 Å². The van der Waals surface area contributed by atoms with Crippen LogP contribution in [-0.2, 0) is 9.59 Å². The van der Waals surface area contributed by atoms with E-state index in [0.29, 0.717) is 25.1 Å². The van der Waals surface area contributed by atoms with Gasteiger partial charge in [0.15, 0.2) is 0 Å². The molecule has 1 aliphatic rings. The molecule has 6 heteroatoms. The number of hydrogen-bond donors (Lipinski definition) is 2. The fourth-order valence-corrected chi connectivity index (χ4v) is 2.93. The molecule has 5 nitrogen and oxygen atoms in total. The maximum absolute atomic E-state index is 12.3. The van der Waals surface area contributed by atoms with Crippen LogP contribution in [0.25, 0.3) is 0 Å². The largest absolute Gasteiger partial charge is 0.480 e. The lowest BCUT2D eigenvalue weighted by atomic mass is 9.92. The molecule has 1 aliphatic heterocycles. The number of thioether (sulfide) groups is 1. The zero-order valence-electron chi connectivity index (χ0n) is 10.3. The molecule has 1 heterocycles. The van der Waals surface area contributed by atoms with Crippen molar-refractivity contribution in [2.45, 2.75) is 38.3 Å². The highest BCUT2D eigenvalue weighted by atomic mass is 32.2. The van der Waals surface area contributed by atoms with Crippen molar-refractivity contribution >= 4 is 23.6 Å². The van der Waals surface area contributed by atoms with Crippen molar-refractivity contribution in [2.24, 2.45) is 5.73 Å². The molecular weight excluding hydrogens is 240 g/mol. The highest BCUT2D eigenvalue weighted by molar-refractivity contribution is 7.99. The summed E-state index contributed by atoms with van der Waals surface area (Å²) in [5, 5.41) is 9.12. The minimum absolute atomic E-state index is 0.227. The van der Waals surface area contributed by atoms with Crippen molar-refractivity contribution in [3.63, 3.8) is 0 Å². The minimum Gasteiger partial charge on any atom is -0.480 e. The molecule has 1 saturated heterocycles. The molecule has 1 unspecified atom stereocenters. The Balaban J connectivity index is 2.88. The van der Waals surface area contributed by atoms with Gasteiger partial charge in [-0.3, -0.25) is 4.79 Å². The third-order valence-corrected chi connectivity index (χ3v) is 4.38. The average Bonchev–Trinajstić information content (AvgIpc) is 2.36. The highest BCUT2D eigenvalue weighted by Crippen LogP contribution is 2.22. The fraction of sp³-hybridized carbons (Fsp3) is 0.818. The first-order valence-electron chi connectivity index (χ1n) is 5.86. The molecule has 1 rings (SSSR count). The van der Waals surface area contributed by atoms with Gasteiger partial charge in [-0.25, -0.2) is 4.79 Å². The number of amides is 1. The number of carbonyl (C=O) groups is 2. The predicted octanol–water partition coefficient (Wildman–Crippen LogP) is 0.532. The number of nitrogens with zero attached hydrogens (tertiary/aromatic N) is 1. The third-order valence-electron chi connectivity index (χ3n) is 3.36. The number of carboxylic acids is 1. The molecule has 0 radical (unpaired) electrons. The second kappa shape index (κ2) is 5.73. The maximum atomic E-state index is 12.3. The Bertz CT molecular complexity index is 305. The number of hydrogen-bond acceptors (Lipinski definition) is 4. The van der Waals surface area contributed by atoms with Crippen LogP contribution in [0.3, 0.4) is 0 Å². The summed E-state index contributed by atoms with van der Waals surface area (Å²) < 4.78 is 0. The maximum Gasteiger partial charge on any atom is 0.327 e. The lowest BCUT2D eigenvalue weighted by Crippen LogP contribution is -2.60. The van der Waals surface area contributed by atoms with E-state index in [1.807, 2.05) is 13.8 Å². The van der Waals surface area contributed by atoms with E-state index in [4.69, 9.17) is 10.8 Å². The normalized spacial score (nSPS) is 21.4. The van der Waals surface area contributed by atoms with Crippen LogP contribution < -0.4 is 5.73 Å². The zero-order chi connectivity index (χ0) is 13.1. The van der Waals surface area contributed by atoms with Crippen LogP contribution in [0, 0.1) is 0 Å². The monoisotopic (exact) mass is 260 g/mol. The van der Waals surface area contributed by atoms with Crippen LogP contribution in [0.2, 0.25) is 0 Å².